The van der Waals surface area contributed by atoms with E-state index in [1.165, 1.54) is 12.2 Å². The maximum Gasteiger partial charge on any atom is 0.204 e. The molecule has 0 spiro atoms. The third-order valence-corrected chi connectivity index (χ3v) is 4.54. The number of primary amides is 1. The van der Waals surface area contributed by atoms with Crippen LogP contribution in [0, 0.1) is 0 Å². The number of rotatable bonds is 7. The number of anilines is 1. The second-order valence-electron chi connectivity index (χ2n) is 5.68. The molecule has 3 N–H and O–H groups in total. The van der Waals surface area contributed by atoms with Gasteiger partial charge in [0, 0.05) is 11.1 Å². The Hall–Kier alpha value is -3.16. The molecule has 0 saturated heterocycles. The minimum absolute atomic E-state index is 0.250. The highest BCUT2D eigenvalue weighted by molar-refractivity contribution is 7.96. The minimum Gasteiger partial charge on any atom is -0.497 e. The third kappa shape index (κ3) is 5.91. The fourth-order valence-electron chi connectivity index (χ4n) is 2.77. The van der Waals surface area contributed by atoms with Crippen LogP contribution in [0.25, 0.3) is 22.3 Å². The summed E-state index contributed by atoms with van der Waals surface area (Å²) in [6.45, 7) is 0. The molecule has 3 aromatic rings. The van der Waals surface area contributed by atoms with E-state index in [-0.39, 0.29) is 6.41 Å². The summed E-state index contributed by atoms with van der Waals surface area (Å²) < 4.78 is 19.1. The van der Waals surface area contributed by atoms with E-state index in [2.05, 4.69) is 40.8 Å². The lowest BCUT2D eigenvalue weighted by atomic mass is 9.97. The molecule has 3 aromatic carbocycles. The van der Waals surface area contributed by atoms with E-state index in [1.807, 2.05) is 36.4 Å². The van der Waals surface area contributed by atoms with Gasteiger partial charge >= 0.3 is 0 Å². The van der Waals surface area contributed by atoms with Crippen molar-refractivity contribution in [2.75, 3.05) is 26.1 Å². The number of hydrogen-bond acceptors (Lipinski definition) is 6. The van der Waals surface area contributed by atoms with Gasteiger partial charge in [0.2, 0.25) is 6.41 Å². The number of carbonyl (C=O) groups is 1. The average Bonchev–Trinajstić information content (AvgIpc) is 2.78. The van der Waals surface area contributed by atoms with Crippen LogP contribution in [0.5, 0.6) is 11.5 Å². The van der Waals surface area contributed by atoms with Crippen molar-refractivity contribution in [3.63, 3.8) is 0 Å². The van der Waals surface area contributed by atoms with Gasteiger partial charge < -0.3 is 24.1 Å². The number of carbonyl (C=O) groups excluding carboxylic acids is 1. The number of ether oxygens (including phenoxy) is 2. The lowest BCUT2D eigenvalue weighted by Gasteiger charge is -2.15. The predicted molar refractivity (Wildman–Crippen MR) is 119 cm³/mol. The highest BCUT2D eigenvalue weighted by atomic mass is 32.2. The molecule has 0 saturated carbocycles. The van der Waals surface area contributed by atoms with E-state index in [1.54, 1.807) is 21.3 Å². The van der Waals surface area contributed by atoms with Crippen LogP contribution in [0.2, 0.25) is 0 Å². The van der Waals surface area contributed by atoms with E-state index >= 15 is 0 Å². The molecule has 0 bridgehead atoms. The topological polar surface area (TPSA) is 82.8 Å². The summed E-state index contributed by atoms with van der Waals surface area (Å²) in [5.74, 6) is 1.67. The SMILES string of the molecule is COSNc1ccc(-c2ccc(OC)cc2)cc1-c1ccccc1OC.NC=O. The van der Waals surface area contributed by atoms with Crippen molar-refractivity contribution < 1.29 is 18.5 Å². The van der Waals surface area contributed by atoms with Crippen LogP contribution in [0.1, 0.15) is 0 Å². The van der Waals surface area contributed by atoms with E-state index < -0.39 is 0 Å². The highest BCUT2D eigenvalue weighted by Crippen LogP contribution is 2.38. The Bertz CT molecular complexity index is 917. The number of methoxy groups -OCH3 is 2. The Labute approximate surface area is 175 Å². The van der Waals surface area contributed by atoms with Gasteiger partial charge in [-0.3, -0.25) is 4.79 Å². The number of benzene rings is 3. The molecule has 29 heavy (non-hydrogen) atoms. The standard InChI is InChI=1S/C21H21NO3S.CH3NO/c1-23-17-11-8-15(9-12-17)16-10-13-20(22-26-25-3)19(14-16)18-6-4-5-7-21(18)24-2;2-1-3/h4-14,22H,1-3H3;1H,(H2,2,3). The summed E-state index contributed by atoms with van der Waals surface area (Å²) in [6, 6.07) is 22.3. The second kappa shape index (κ2) is 11.6. The van der Waals surface area contributed by atoms with Gasteiger partial charge in [0.25, 0.3) is 0 Å². The van der Waals surface area contributed by atoms with Crippen molar-refractivity contribution in [1.82, 2.24) is 0 Å². The number of nitrogens with one attached hydrogen (secondary N) is 1. The molecule has 152 valence electrons. The Kier molecular flexibility index (Phi) is 8.88. The zero-order valence-electron chi connectivity index (χ0n) is 16.5. The van der Waals surface area contributed by atoms with Crippen molar-refractivity contribution in [2.24, 2.45) is 5.73 Å². The number of amides is 1. The van der Waals surface area contributed by atoms with Crippen LogP contribution >= 0.6 is 12.2 Å². The second-order valence-corrected chi connectivity index (χ2v) is 6.38. The molecular formula is C22H24N2O4S. The van der Waals surface area contributed by atoms with Gasteiger partial charge in [-0.25, -0.2) is 0 Å². The van der Waals surface area contributed by atoms with Gasteiger partial charge in [-0.2, -0.15) is 0 Å². The first-order chi connectivity index (χ1) is 14.2. The zero-order chi connectivity index (χ0) is 21.1. The van der Waals surface area contributed by atoms with Gasteiger partial charge in [-0.1, -0.05) is 36.4 Å². The first kappa shape index (κ1) is 22.1. The zero-order valence-corrected chi connectivity index (χ0v) is 17.4. The van der Waals surface area contributed by atoms with Crippen molar-refractivity contribution in [3.05, 3.63) is 66.7 Å². The molecule has 0 radical (unpaired) electrons. The van der Waals surface area contributed by atoms with Crippen molar-refractivity contribution >= 4 is 24.3 Å². The van der Waals surface area contributed by atoms with E-state index in [4.69, 9.17) is 18.5 Å². The van der Waals surface area contributed by atoms with Crippen LogP contribution < -0.4 is 19.9 Å². The number of para-hydroxylation sites is 1. The number of nitrogens with two attached hydrogens (primary N) is 1. The normalized spacial score (nSPS) is 9.76. The molecule has 0 aliphatic carbocycles. The molecule has 0 atom stereocenters. The average molecular weight is 413 g/mol. The summed E-state index contributed by atoms with van der Waals surface area (Å²) in [7, 11) is 4.98. The van der Waals surface area contributed by atoms with Crippen LogP contribution in [0.3, 0.4) is 0 Å². The fourth-order valence-corrected chi connectivity index (χ4v) is 3.12. The fraction of sp³-hybridized carbons (Fsp3) is 0.136. The molecule has 0 aliphatic heterocycles. The van der Waals surface area contributed by atoms with Crippen LogP contribution in [0.15, 0.2) is 66.7 Å². The molecule has 1 amide bonds. The maximum atomic E-state index is 8.58. The molecule has 0 aliphatic rings. The lowest BCUT2D eigenvalue weighted by Crippen LogP contribution is -1.94. The summed E-state index contributed by atoms with van der Waals surface area (Å²) in [6.07, 6.45) is 0.250. The van der Waals surface area contributed by atoms with E-state index in [0.717, 1.165) is 39.4 Å². The van der Waals surface area contributed by atoms with Crippen LogP contribution in [0.4, 0.5) is 5.69 Å². The molecule has 0 fully saturated rings. The molecule has 0 unspecified atom stereocenters. The first-order valence-electron chi connectivity index (χ1n) is 8.71. The summed E-state index contributed by atoms with van der Waals surface area (Å²) in [5, 5.41) is 0. The largest absolute Gasteiger partial charge is 0.497 e. The molecular weight excluding hydrogens is 388 g/mol. The van der Waals surface area contributed by atoms with Gasteiger partial charge in [0.05, 0.1) is 27.0 Å². The van der Waals surface area contributed by atoms with Crippen LogP contribution in [-0.4, -0.2) is 27.7 Å². The monoisotopic (exact) mass is 412 g/mol. The van der Waals surface area contributed by atoms with Crippen LogP contribution in [-0.2, 0) is 8.98 Å². The molecule has 0 aromatic heterocycles. The van der Waals surface area contributed by atoms with Gasteiger partial charge in [0.15, 0.2) is 0 Å². The molecule has 0 heterocycles. The van der Waals surface area contributed by atoms with Crippen molar-refractivity contribution in [2.45, 2.75) is 0 Å². The quantitative estimate of drug-likeness (QED) is 0.331. The Balaban J connectivity index is 0.000000941. The minimum atomic E-state index is 0.250. The maximum absolute atomic E-state index is 8.58. The Morgan fingerprint density at radius 2 is 1.52 bits per heavy atom. The van der Waals surface area contributed by atoms with E-state index in [0.29, 0.717) is 0 Å². The molecule has 3 rings (SSSR count). The highest BCUT2D eigenvalue weighted by Gasteiger charge is 2.12. The molecule has 7 heteroatoms. The molecule has 6 nitrogen and oxygen atoms in total. The van der Waals surface area contributed by atoms with Gasteiger partial charge in [0.1, 0.15) is 23.7 Å². The summed E-state index contributed by atoms with van der Waals surface area (Å²) in [5.41, 5.74) is 9.41. The smallest absolute Gasteiger partial charge is 0.204 e. The summed E-state index contributed by atoms with van der Waals surface area (Å²) >= 11 is 1.18. The summed E-state index contributed by atoms with van der Waals surface area (Å²) in [4.78, 5) is 8.58. The number of hydrogen-bond donors (Lipinski definition) is 2. The van der Waals surface area contributed by atoms with E-state index in [9.17, 15) is 0 Å². The Morgan fingerprint density at radius 1 is 0.862 bits per heavy atom. The first-order valence-corrected chi connectivity index (χ1v) is 9.45. The van der Waals surface area contributed by atoms with Crippen molar-refractivity contribution in [3.8, 4) is 33.8 Å². The van der Waals surface area contributed by atoms with Crippen molar-refractivity contribution in [1.29, 1.82) is 0 Å². The predicted octanol–water partition coefficient (Wildman–Crippen LogP) is 4.76. The third-order valence-electron chi connectivity index (χ3n) is 4.08. The lowest BCUT2D eigenvalue weighted by molar-refractivity contribution is -0.106. The van der Waals surface area contributed by atoms with Gasteiger partial charge in [-0.05, 0) is 41.5 Å². The Morgan fingerprint density at radius 3 is 2.14 bits per heavy atom. The van der Waals surface area contributed by atoms with Gasteiger partial charge in [-0.15, -0.1) is 0 Å².